The number of benzene rings is 1. The van der Waals surface area contributed by atoms with Gasteiger partial charge in [-0.15, -0.1) is 0 Å². The molecule has 1 saturated carbocycles. The standard InChI is InChI=1S/C24H31N5O3/c1-15-9-8-12-18(16(15)2)26-21(30)19-13-20-22(31)28(4)24(3,14-29(20)27-19)23(32)25-17-10-6-5-7-11-17/h8-9,12-13,17H,5-7,10-11,14H2,1-4H3,(H,25,32)(H,26,30)/t24-/m1/s1. The molecule has 1 aromatic carbocycles. The fourth-order valence-corrected chi connectivity index (χ4v) is 4.50. The van der Waals surface area contributed by atoms with Crippen LogP contribution >= 0.6 is 0 Å². The lowest BCUT2D eigenvalue weighted by atomic mass is 9.92. The Morgan fingerprint density at radius 2 is 1.88 bits per heavy atom. The van der Waals surface area contributed by atoms with E-state index in [1.54, 1.807) is 14.0 Å². The summed E-state index contributed by atoms with van der Waals surface area (Å²) in [6.45, 7) is 5.87. The minimum absolute atomic E-state index is 0.148. The number of rotatable bonds is 4. The van der Waals surface area contributed by atoms with Gasteiger partial charge in [0.25, 0.3) is 11.8 Å². The molecule has 2 heterocycles. The molecule has 2 aromatic rings. The van der Waals surface area contributed by atoms with Crippen LogP contribution in [0, 0.1) is 13.8 Å². The van der Waals surface area contributed by atoms with E-state index in [9.17, 15) is 14.4 Å². The van der Waals surface area contributed by atoms with Gasteiger partial charge in [-0.1, -0.05) is 31.4 Å². The van der Waals surface area contributed by atoms with Gasteiger partial charge in [0, 0.05) is 24.8 Å². The van der Waals surface area contributed by atoms with Crippen molar-refractivity contribution in [3.05, 3.63) is 46.8 Å². The predicted molar refractivity (Wildman–Crippen MR) is 122 cm³/mol. The molecular weight excluding hydrogens is 406 g/mol. The average Bonchev–Trinajstić information content (AvgIpc) is 3.20. The number of aromatic nitrogens is 2. The number of hydrogen-bond donors (Lipinski definition) is 2. The third-order valence-corrected chi connectivity index (χ3v) is 7.02. The average molecular weight is 438 g/mol. The van der Waals surface area contributed by atoms with E-state index in [-0.39, 0.29) is 36.0 Å². The van der Waals surface area contributed by atoms with Crippen LogP contribution in [-0.2, 0) is 11.3 Å². The minimum Gasteiger partial charge on any atom is -0.351 e. The van der Waals surface area contributed by atoms with Gasteiger partial charge in [-0.05, 0) is 50.8 Å². The maximum atomic E-state index is 13.2. The molecular formula is C24H31N5O3. The first-order valence-electron chi connectivity index (χ1n) is 11.3. The Labute approximate surface area is 188 Å². The highest BCUT2D eigenvalue weighted by atomic mass is 16.2. The van der Waals surface area contributed by atoms with Crippen molar-refractivity contribution in [1.82, 2.24) is 20.0 Å². The summed E-state index contributed by atoms with van der Waals surface area (Å²) < 4.78 is 1.49. The van der Waals surface area contributed by atoms with Gasteiger partial charge in [0.15, 0.2) is 5.69 Å². The number of anilines is 1. The number of likely N-dealkylation sites (N-methyl/N-ethyl adjacent to an activating group) is 1. The maximum Gasteiger partial charge on any atom is 0.276 e. The van der Waals surface area contributed by atoms with E-state index in [1.165, 1.54) is 22.1 Å². The highest BCUT2D eigenvalue weighted by Gasteiger charge is 2.46. The van der Waals surface area contributed by atoms with Gasteiger partial charge < -0.3 is 15.5 Å². The van der Waals surface area contributed by atoms with Crippen LogP contribution in [0.3, 0.4) is 0 Å². The molecule has 0 radical (unpaired) electrons. The zero-order valence-electron chi connectivity index (χ0n) is 19.2. The number of nitrogens with zero attached hydrogens (tertiary/aromatic N) is 3. The summed E-state index contributed by atoms with van der Waals surface area (Å²) >= 11 is 0. The fourth-order valence-electron chi connectivity index (χ4n) is 4.50. The summed E-state index contributed by atoms with van der Waals surface area (Å²) in [5.41, 5.74) is 2.15. The Morgan fingerprint density at radius 3 is 2.59 bits per heavy atom. The van der Waals surface area contributed by atoms with Crippen molar-refractivity contribution in [3.8, 4) is 0 Å². The second kappa shape index (κ2) is 8.41. The molecule has 3 amide bonds. The first-order chi connectivity index (χ1) is 15.2. The molecule has 4 rings (SSSR count). The number of aryl methyl sites for hydroxylation is 1. The van der Waals surface area contributed by atoms with E-state index < -0.39 is 5.54 Å². The topological polar surface area (TPSA) is 96.3 Å². The first kappa shape index (κ1) is 22.0. The van der Waals surface area contributed by atoms with Crippen LogP contribution in [-0.4, -0.2) is 51.0 Å². The van der Waals surface area contributed by atoms with Gasteiger partial charge in [0.2, 0.25) is 5.91 Å². The summed E-state index contributed by atoms with van der Waals surface area (Å²) in [7, 11) is 1.63. The monoisotopic (exact) mass is 437 g/mol. The van der Waals surface area contributed by atoms with Gasteiger partial charge >= 0.3 is 0 Å². The summed E-state index contributed by atoms with van der Waals surface area (Å²) in [6, 6.07) is 7.34. The summed E-state index contributed by atoms with van der Waals surface area (Å²) in [5, 5.41) is 10.4. The van der Waals surface area contributed by atoms with Gasteiger partial charge in [-0.3, -0.25) is 19.1 Å². The van der Waals surface area contributed by atoms with Gasteiger partial charge in [-0.2, -0.15) is 5.10 Å². The van der Waals surface area contributed by atoms with Crippen molar-refractivity contribution in [1.29, 1.82) is 0 Å². The second-order valence-corrected chi connectivity index (χ2v) is 9.22. The van der Waals surface area contributed by atoms with E-state index in [0.29, 0.717) is 11.4 Å². The van der Waals surface area contributed by atoms with Crippen LogP contribution in [0.15, 0.2) is 24.3 Å². The highest BCUT2D eigenvalue weighted by molar-refractivity contribution is 6.06. The van der Waals surface area contributed by atoms with E-state index in [4.69, 9.17) is 0 Å². The molecule has 1 aliphatic heterocycles. The molecule has 2 aliphatic rings. The van der Waals surface area contributed by atoms with Gasteiger partial charge in [0.05, 0.1) is 6.54 Å². The summed E-state index contributed by atoms with van der Waals surface area (Å²) in [4.78, 5) is 40.6. The zero-order valence-corrected chi connectivity index (χ0v) is 19.2. The molecule has 1 aliphatic carbocycles. The van der Waals surface area contributed by atoms with Gasteiger partial charge in [-0.25, -0.2) is 0 Å². The Kier molecular flexibility index (Phi) is 5.79. The minimum atomic E-state index is -1.07. The molecule has 170 valence electrons. The largest absolute Gasteiger partial charge is 0.351 e. The Balaban J connectivity index is 1.55. The molecule has 1 fully saturated rings. The Hall–Kier alpha value is -3.16. The van der Waals surface area contributed by atoms with Crippen molar-refractivity contribution in [2.75, 3.05) is 12.4 Å². The number of hydrogen-bond acceptors (Lipinski definition) is 4. The fraction of sp³-hybridized carbons (Fsp3) is 0.500. The highest BCUT2D eigenvalue weighted by Crippen LogP contribution is 2.28. The zero-order chi connectivity index (χ0) is 23.0. The summed E-state index contributed by atoms with van der Waals surface area (Å²) in [6.07, 6.45) is 5.35. The van der Waals surface area contributed by atoms with E-state index in [0.717, 1.165) is 36.8 Å². The number of carbonyl (C=O) groups excluding carboxylic acids is 3. The normalized spacial score (nSPS) is 21.2. The van der Waals surface area contributed by atoms with Crippen molar-refractivity contribution in [3.63, 3.8) is 0 Å². The van der Waals surface area contributed by atoms with E-state index >= 15 is 0 Å². The predicted octanol–water partition coefficient (Wildman–Crippen LogP) is 3.05. The number of amides is 3. The summed E-state index contributed by atoms with van der Waals surface area (Å²) in [5.74, 6) is -0.886. The van der Waals surface area contributed by atoms with Crippen LogP contribution in [0.5, 0.6) is 0 Å². The lowest BCUT2D eigenvalue weighted by molar-refractivity contribution is -0.133. The molecule has 0 unspecified atom stereocenters. The number of carbonyl (C=O) groups is 3. The van der Waals surface area contributed by atoms with Crippen LogP contribution in [0.4, 0.5) is 5.69 Å². The van der Waals surface area contributed by atoms with Crippen LogP contribution in [0.25, 0.3) is 0 Å². The third-order valence-electron chi connectivity index (χ3n) is 7.02. The van der Waals surface area contributed by atoms with Crippen molar-refractivity contribution in [2.45, 2.75) is 71.0 Å². The van der Waals surface area contributed by atoms with Crippen molar-refractivity contribution < 1.29 is 14.4 Å². The molecule has 32 heavy (non-hydrogen) atoms. The lowest BCUT2D eigenvalue weighted by Gasteiger charge is -2.41. The SMILES string of the molecule is Cc1cccc(NC(=O)c2cc3n(n2)C[C@](C)(C(=O)NC2CCCCC2)N(C)C3=O)c1C. The molecule has 8 heteroatoms. The maximum absolute atomic E-state index is 13.2. The molecule has 1 aromatic heterocycles. The third kappa shape index (κ3) is 3.89. The van der Waals surface area contributed by atoms with Crippen molar-refractivity contribution >= 4 is 23.4 Å². The first-order valence-corrected chi connectivity index (χ1v) is 11.3. The lowest BCUT2D eigenvalue weighted by Crippen LogP contribution is -2.63. The number of nitrogens with one attached hydrogen (secondary N) is 2. The van der Waals surface area contributed by atoms with Crippen LogP contribution < -0.4 is 10.6 Å². The van der Waals surface area contributed by atoms with E-state index in [1.807, 2.05) is 32.0 Å². The quantitative estimate of drug-likeness (QED) is 0.768. The van der Waals surface area contributed by atoms with Crippen molar-refractivity contribution in [2.24, 2.45) is 0 Å². The molecule has 0 bridgehead atoms. The molecule has 8 nitrogen and oxygen atoms in total. The van der Waals surface area contributed by atoms with Crippen LogP contribution in [0.2, 0.25) is 0 Å². The molecule has 1 atom stereocenters. The second-order valence-electron chi connectivity index (χ2n) is 9.22. The molecule has 0 spiro atoms. The molecule has 2 N–H and O–H groups in total. The Bertz CT molecular complexity index is 1070. The smallest absolute Gasteiger partial charge is 0.276 e. The van der Waals surface area contributed by atoms with Gasteiger partial charge in [0.1, 0.15) is 11.2 Å². The van der Waals surface area contributed by atoms with E-state index in [2.05, 4.69) is 15.7 Å². The molecule has 0 saturated heterocycles. The Morgan fingerprint density at radius 1 is 1.16 bits per heavy atom. The number of fused-ring (bicyclic) bond motifs is 1. The van der Waals surface area contributed by atoms with Crippen LogP contribution in [0.1, 0.15) is 71.1 Å².